The number of anilines is 2. The number of nitrogens with one attached hydrogen (secondary N) is 1. The highest BCUT2D eigenvalue weighted by Gasteiger charge is 2.29. The molecular weight excluding hydrogens is 463 g/mol. The summed E-state index contributed by atoms with van der Waals surface area (Å²) in [4.78, 5) is 15.5. The van der Waals surface area contributed by atoms with Gasteiger partial charge < -0.3 is 15.4 Å². The molecule has 0 unspecified atom stereocenters. The van der Waals surface area contributed by atoms with Crippen molar-refractivity contribution >= 4 is 55.9 Å². The van der Waals surface area contributed by atoms with Crippen LogP contribution in [0.3, 0.4) is 0 Å². The van der Waals surface area contributed by atoms with Crippen LogP contribution in [0.25, 0.3) is 5.65 Å². The molecule has 158 valence electrons. The summed E-state index contributed by atoms with van der Waals surface area (Å²) in [6.07, 6.45) is 1.33. The standard InChI is InChI=1S/C20H14Cl2N4O4S/c21-13-6-8-15(9-7-13)23-17-10-14(22)11-25-19(17)24-18(20(25)26(27)28)12-31(29,30)16-4-2-1-3-5-16/h1-11,23H,12H2. The van der Waals surface area contributed by atoms with Crippen molar-refractivity contribution in [3.63, 3.8) is 0 Å². The number of hydrogen-bond acceptors (Lipinski definition) is 6. The molecule has 0 saturated carbocycles. The van der Waals surface area contributed by atoms with E-state index in [0.29, 0.717) is 16.4 Å². The largest absolute Gasteiger partial charge is 0.358 e. The van der Waals surface area contributed by atoms with Crippen molar-refractivity contribution in [2.45, 2.75) is 10.6 Å². The fourth-order valence-electron chi connectivity index (χ4n) is 3.11. The topological polar surface area (TPSA) is 107 Å². The predicted octanol–water partition coefficient (Wildman–Crippen LogP) is 5.27. The average Bonchev–Trinajstić information content (AvgIpc) is 3.07. The normalized spacial score (nSPS) is 11.5. The molecule has 0 bridgehead atoms. The Kier molecular flexibility index (Phi) is 5.57. The van der Waals surface area contributed by atoms with E-state index in [9.17, 15) is 18.5 Å². The Hall–Kier alpha value is -3.14. The Balaban J connectivity index is 1.84. The lowest BCUT2D eigenvalue weighted by Crippen LogP contribution is -2.07. The van der Waals surface area contributed by atoms with Gasteiger partial charge in [-0.1, -0.05) is 41.4 Å². The number of sulfone groups is 1. The number of fused-ring (bicyclic) bond motifs is 1. The number of nitro groups is 1. The van der Waals surface area contributed by atoms with Gasteiger partial charge in [0.1, 0.15) is 17.6 Å². The Labute approximate surface area is 187 Å². The number of aromatic nitrogens is 2. The van der Waals surface area contributed by atoms with E-state index >= 15 is 0 Å². The van der Waals surface area contributed by atoms with Gasteiger partial charge in [-0.25, -0.2) is 13.4 Å². The minimum absolute atomic E-state index is 0.0545. The smallest absolute Gasteiger partial charge is 0.352 e. The maximum absolute atomic E-state index is 12.8. The lowest BCUT2D eigenvalue weighted by molar-refractivity contribution is -0.391. The molecule has 0 aliphatic heterocycles. The number of rotatable bonds is 6. The monoisotopic (exact) mass is 476 g/mol. The van der Waals surface area contributed by atoms with Crippen molar-refractivity contribution in [2.75, 3.05) is 5.32 Å². The first kappa shape index (κ1) is 21.1. The first-order valence-electron chi connectivity index (χ1n) is 8.90. The van der Waals surface area contributed by atoms with Crippen LogP contribution >= 0.6 is 23.2 Å². The highest BCUT2D eigenvalue weighted by molar-refractivity contribution is 7.90. The molecule has 11 heteroatoms. The van der Waals surface area contributed by atoms with Crippen LogP contribution in [0.5, 0.6) is 0 Å². The summed E-state index contributed by atoms with van der Waals surface area (Å²) in [7, 11) is -3.85. The van der Waals surface area contributed by atoms with Crippen molar-refractivity contribution in [1.82, 2.24) is 9.38 Å². The molecular formula is C20H14Cl2N4O4S. The maximum Gasteiger partial charge on any atom is 0.352 e. The van der Waals surface area contributed by atoms with E-state index in [4.69, 9.17) is 23.2 Å². The van der Waals surface area contributed by atoms with E-state index in [1.165, 1.54) is 22.7 Å². The Morgan fingerprint density at radius 2 is 1.71 bits per heavy atom. The van der Waals surface area contributed by atoms with Crippen molar-refractivity contribution < 1.29 is 13.3 Å². The second-order valence-electron chi connectivity index (χ2n) is 6.61. The molecule has 8 nitrogen and oxygen atoms in total. The molecule has 0 spiro atoms. The molecule has 2 aromatic carbocycles. The molecule has 0 aliphatic carbocycles. The molecule has 2 aromatic heterocycles. The third-order valence-corrected chi connectivity index (χ3v) is 6.56. The number of benzene rings is 2. The zero-order chi connectivity index (χ0) is 22.2. The maximum atomic E-state index is 12.8. The number of hydrogen-bond donors (Lipinski definition) is 1. The average molecular weight is 477 g/mol. The van der Waals surface area contributed by atoms with Gasteiger partial charge in [-0.2, -0.15) is 4.40 Å². The van der Waals surface area contributed by atoms with E-state index in [1.54, 1.807) is 48.5 Å². The summed E-state index contributed by atoms with van der Waals surface area (Å²) in [6.45, 7) is 0. The van der Waals surface area contributed by atoms with Crippen LogP contribution in [-0.4, -0.2) is 22.7 Å². The zero-order valence-electron chi connectivity index (χ0n) is 15.7. The fraction of sp³-hybridized carbons (Fsp3) is 0.0500. The van der Waals surface area contributed by atoms with E-state index < -0.39 is 26.3 Å². The molecule has 31 heavy (non-hydrogen) atoms. The molecule has 2 heterocycles. The van der Waals surface area contributed by atoms with E-state index in [-0.39, 0.29) is 21.3 Å². The Morgan fingerprint density at radius 3 is 2.35 bits per heavy atom. The second-order valence-corrected chi connectivity index (χ2v) is 9.47. The van der Waals surface area contributed by atoms with Crippen LogP contribution in [0.4, 0.5) is 17.2 Å². The number of pyridine rings is 1. The first-order chi connectivity index (χ1) is 14.7. The summed E-state index contributed by atoms with van der Waals surface area (Å²) in [5, 5.41) is 15.7. The van der Waals surface area contributed by atoms with Gasteiger partial charge in [-0.05, 0) is 47.4 Å². The first-order valence-corrected chi connectivity index (χ1v) is 11.3. The quantitative estimate of drug-likeness (QED) is 0.300. The van der Waals surface area contributed by atoms with E-state index in [0.717, 1.165) is 0 Å². The summed E-state index contributed by atoms with van der Waals surface area (Å²) in [5.41, 5.74) is 1.01. The van der Waals surface area contributed by atoms with Gasteiger partial charge in [0.25, 0.3) is 5.65 Å². The van der Waals surface area contributed by atoms with Gasteiger partial charge in [0.15, 0.2) is 15.5 Å². The molecule has 4 rings (SSSR count). The van der Waals surface area contributed by atoms with Crippen molar-refractivity contribution in [1.29, 1.82) is 0 Å². The van der Waals surface area contributed by atoms with E-state index in [1.807, 2.05) is 0 Å². The molecule has 0 amide bonds. The fourth-order valence-corrected chi connectivity index (χ4v) is 4.73. The summed E-state index contributed by atoms with van der Waals surface area (Å²) < 4.78 is 26.8. The summed E-state index contributed by atoms with van der Waals surface area (Å²) in [6, 6.07) is 16.1. The molecule has 1 N–H and O–H groups in total. The molecule has 0 fully saturated rings. The van der Waals surface area contributed by atoms with Gasteiger partial charge in [0.05, 0.1) is 9.92 Å². The summed E-state index contributed by atoms with van der Waals surface area (Å²) >= 11 is 12.1. The highest BCUT2D eigenvalue weighted by atomic mass is 35.5. The Morgan fingerprint density at radius 1 is 1.03 bits per heavy atom. The van der Waals surface area contributed by atoms with Gasteiger partial charge in [0.2, 0.25) is 0 Å². The van der Waals surface area contributed by atoms with Crippen molar-refractivity contribution in [3.05, 3.63) is 92.7 Å². The lowest BCUT2D eigenvalue weighted by atomic mass is 10.3. The van der Waals surface area contributed by atoms with Gasteiger partial charge in [-0.3, -0.25) is 0 Å². The van der Waals surface area contributed by atoms with Crippen LogP contribution in [-0.2, 0) is 15.6 Å². The third kappa shape index (κ3) is 4.34. The van der Waals surface area contributed by atoms with Crippen LogP contribution in [0.15, 0.2) is 71.8 Å². The molecule has 0 aliphatic rings. The molecule has 4 aromatic rings. The number of halogens is 2. The summed E-state index contributed by atoms with van der Waals surface area (Å²) in [5.74, 6) is -1.09. The lowest BCUT2D eigenvalue weighted by Gasteiger charge is -2.06. The predicted molar refractivity (Wildman–Crippen MR) is 119 cm³/mol. The van der Waals surface area contributed by atoms with Crippen LogP contribution in [0.1, 0.15) is 5.69 Å². The van der Waals surface area contributed by atoms with Crippen LogP contribution < -0.4 is 5.32 Å². The molecule has 0 atom stereocenters. The van der Waals surface area contributed by atoms with Crippen molar-refractivity contribution in [3.8, 4) is 0 Å². The second kappa shape index (κ2) is 8.18. The van der Waals surface area contributed by atoms with Gasteiger partial charge >= 0.3 is 5.82 Å². The van der Waals surface area contributed by atoms with Gasteiger partial charge in [-0.15, -0.1) is 0 Å². The zero-order valence-corrected chi connectivity index (χ0v) is 18.0. The minimum Gasteiger partial charge on any atom is -0.358 e. The minimum atomic E-state index is -3.85. The molecule has 0 radical (unpaired) electrons. The van der Waals surface area contributed by atoms with Crippen LogP contribution in [0, 0.1) is 10.1 Å². The van der Waals surface area contributed by atoms with Crippen LogP contribution in [0.2, 0.25) is 10.0 Å². The number of imidazole rings is 1. The molecule has 0 saturated heterocycles. The highest BCUT2D eigenvalue weighted by Crippen LogP contribution is 2.32. The third-order valence-electron chi connectivity index (χ3n) is 4.46. The van der Waals surface area contributed by atoms with E-state index in [2.05, 4.69) is 10.3 Å². The van der Waals surface area contributed by atoms with Gasteiger partial charge in [0, 0.05) is 10.7 Å². The number of nitrogens with zero attached hydrogens (tertiary/aromatic N) is 3. The Bertz CT molecular complexity index is 1390. The van der Waals surface area contributed by atoms with Crippen molar-refractivity contribution in [2.24, 2.45) is 0 Å². The SMILES string of the molecule is O=[N+]([O-])c1c(CS(=O)(=O)c2ccccc2)nc2c(Nc3ccc(Cl)cc3)cc(Cl)cn12.